The first-order valence-electron chi connectivity index (χ1n) is 7.87. The number of benzene rings is 2. The molecule has 1 heterocycles. The summed E-state index contributed by atoms with van der Waals surface area (Å²) in [5, 5.41) is 4.11. The van der Waals surface area contributed by atoms with Crippen molar-refractivity contribution < 1.29 is 9.47 Å². The predicted molar refractivity (Wildman–Crippen MR) is 101 cm³/mol. The maximum Gasteiger partial charge on any atom is 0.252 e. The fourth-order valence-electron chi connectivity index (χ4n) is 2.37. The van der Waals surface area contributed by atoms with Crippen LogP contribution in [0.25, 0.3) is 11.3 Å². The van der Waals surface area contributed by atoms with Gasteiger partial charge in [-0.2, -0.15) is 5.10 Å². The maximum atomic E-state index is 11.9. The largest absolute Gasteiger partial charge is 0.493 e. The molecule has 7 nitrogen and oxygen atoms in total. The van der Waals surface area contributed by atoms with Crippen molar-refractivity contribution in [2.45, 2.75) is 0 Å². The molecule has 0 atom stereocenters. The number of rotatable bonds is 6. The number of aromatic amines is 1. The van der Waals surface area contributed by atoms with Crippen LogP contribution in [0.15, 0.2) is 64.5 Å². The summed E-state index contributed by atoms with van der Waals surface area (Å²) in [4.78, 5) is 18.8. The second-order valence-electron chi connectivity index (χ2n) is 5.33. The smallest absolute Gasteiger partial charge is 0.252 e. The lowest BCUT2D eigenvalue weighted by molar-refractivity contribution is 0.355. The van der Waals surface area contributed by atoms with Gasteiger partial charge in [0.25, 0.3) is 5.56 Å². The van der Waals surface area contributed by atoms with Crippen molar-refractivity contribution in [3.63, 3.8) is 0 Å². The Labute approximate surface area is 150 Å². The molecule has 0 aliphatic carbocycles. The summed E-state index contributed by atoms with van der Waals surface area (Å²) in [5.41, 5.74) is 4.70. The van der Waals surface area contributed by atoms with Crippen LogP contribution < -0.4 is 20.5 Å². The fourth-order valence-corrected chi connectivity index (χ4v) is 2.37. The van der Waals surface area contributed by atoms with Gasteiger partial charge in [-0.3, -0.25) is 9.78 Å². The van der Waals surface area contributed by atoms with Gasteiger partial charge in [-0.15, -0.1) is 0 Å². The molecule has 0 spiro atoms. The Bertz CT molecular complexity index is 968. The van der Waals surface area contributed by atoms with E-state index in [1.807, 2.05) is 36.4 Å². The molecule has 3 rings (SSSR count). The van der Waals surface area contributed by atoms with Crippen LogP contribution in [-0.2, 0) is 0 Å². The van der Waals surface area contributed by atoms with Crippen LogP contribution in [0, 0.1) is 0 Å². The Morgan fingerprint density at radius 2 is 1.81 bits per heavy atom. The third-order valence-corrected chi connectivity index (χ3v) is 3.60. The van der Waals surface area contributed by atoms with Crippen LogP contribution >= 0.6 is 0 Å². The van der Waals surface area contributed by atoms with Crippen LogP contribution in [0.5, 0.6) is 11.5 Å². The zero-order valence-electron chi connectivity index (χ0n) is 14.4. The standard InChI is InChI=1S/C19H18N4O3/c1-25-16-9-8-13(10-17(16)26-2)12-20-23-19-21-15(11-18(24)22-19)14-6-4-3-5-7-14/h3-12H,1-2H3,(H2,21,22,23,24)/b20-12+. The van der Waals surface area contributed by atoms with Gasteiger partial charge in [0.05, 0.1) is 26.1 Å². The molecule has 2 N–H and O–H groups in total. The van der Waals surface area contributed by atoms with E-state index in [0.29, 0.717) is 17.2 Å². The normalized spacial score (nSPS) is 10.7. The molecule has 26 heavy (non-hydrogen) atoms. The highest BCUT2D eigenvalue weighted by atomic mass is 16.5. The van der Waals surface area contributed by atoms with Gasteiger partial charge < -0.3 is 9.47 Å². The average molecular weight is 350 g/mol. The van der Waals surface area contributed by atoms with Crippen molar-refractivity contribution in [3.8, 4) is 22.8 Å². The van der Waals surface area contributed by atoms with Gasteiger partial charge in [-0.1, -0.05) is 30.3 Å². The Morgan fingerprint density at radius 1 is 1.04 bits per heavy atom. The predicted octanol–water partition coefficient (Wildman–Crippen LogP) is 2.90. The fraction of sp³-hybridized carbons (Fsp3) is 0.105. The number of nitrogens with zero attached hydrogens (tertiary/aromatic N) is 2. The number of ether oxygens (including phenoxy) is 2. The van der Waals surface area contributed by atoms with Crippen molar-refractivity contribution in [3.05, 3.63) is 70.5 Å². The third-order valence-electron chi connectivity index (χ3n) is 3.60. The Hall–Kier alpha value is -3.61. The molecule has 0 amide bonds. The Balaban J connectivity index is 1.79. The van der Waals surface area contributed by atoms with Gasteiger partial charge in [-0.25, -0.2) is 10.4 Å². The minimum atomic E-state index is -0.261. The van der Waals surface area contributed by atoms with Crippen LogP contribution in [0.4, 0.5) is 5.95 Å². The van der Waals surface area contributed by atoms with E-state index < -0.39 is 0 Å². The summed E-state index contributed by atoms with van der Waals surface area (Å²) >= 11 is 0. The van der Waals surface area contributed by atoms with E-state index in [0.717, 1.165) is 11.1 Å². The molecule has 0 saturated carbocycles. The first kappa shape index (κ1) is 17.2. The zero-order chi connectivity index (χ0) is 18.4. The number of anilines is 1. The summed E-state index contributed by atoms with van der Waals surface area (Å²) in [5.74, 6) is 1.50. The number of hydrazone groups is 1. The molecule has 0 aliphatic heterocycles. The lowest BCUT2D eigenvalue weighted by Gasteiger charge is -2.07. The number of hydrogen-bond acceptors (Lipinski definition) is 6. The molecule has 0 bridgehead atoms. The Morgan fingerprint density at radius 3 is 2.54 bits per heavy atom. The zero-order valence-corrected chi connectivity index (χ0v) is 14.4. The molecule has 0 radical (unpaired) electrons. The monoisotopic (exact) mass is 350 g/mol. The summed E-state index contributed by atoms with van der Waals surface area (Å²) in [6, 6.07) is 16.3. The molecule has 2 aromatic carbocycles. The molecule has 0 fully saturated rings. The number of H-pyrrole nitrogens is 1. The first-order chi connectivity index (χ1) is 12.7. The second-order valence-corrected chi connectivity index (χ2v) is 5.33. The molecule has 3 aromatic rings. The van der Waals surface area contributed by atoms with Crippen molar-refractivity contribution in [2.75, 3.05) is 19.6 Å². The summed E-state index contributed by atoms with van der Waals surface area (Å²) in [7, 11) is 3.15. The van der Waals surface area contributed by atoms with E-state index >= 15 is 0 Å². The molecule has 0 aliphatic rings. The molecule has 0 unspecified atom stereocenters. The quantitative estimate of drug-likeness (QED) is 0.527. The van der Waals surface area contributed by atoms with Gasteiger partial charge in [0.15, 0.2) is 11.5 Å². The van der Waals surface area contributed by atoms with Crippen LogP contribution in [-0.4, -0.2) is 30.4 Å². The molecular formula is C19H18N4O3. The molecule has 0 saturated heterocycles. The van der Waals surface area contributed by atoms with Gasteiger partial charge in [0, 0.05) is 11.6 Å². The number of hydrogen-bond donors (Lipinski definition) is 2. The topological polar surface area (TPSA) is 88.6 Å². The lowest BCUT2D eigenvalue weighted by atomic mass is 10.1. The maximum absolute atomic E-state index is 11.9. The van der Waals surface area contributed by atoms with Gasteiger partial charge in [-0.05, 0) is 23.8 Å². The van der Waals surface area contributed by atoms with Crippen LogP contribution in [0.1, 0.15) is 5.56 Å². The minimum absolute atomic E-state index is 0.257. The van der Waals surface area contributed by atoms with Crippen molar-refractivity contribution in [1.82, 2.24) is 9.97 Å². The van der Waals surface area contributed by atoms with E-state index in [4.69, 9.17) is 9.47 Å². The number of aromatic nitrogens is 2. The number of nitrogens with one attached hydrogen (secondary N) is 2. The summed E-state index contributed by atoms with van der Waals surface area (Å²) < 4.78 is 10.5. The highest BCUT2D eigenvalue weighted by molar-refractivity contribution is 5.81. The lowest BCUT2D eigenvalue weighted by Crippen LogP contribution is -2.10. The highest BCUT2D eigenvalue weighted by Gasteiger charge is 2.04. The third kappa shape index (κ3) is 4.07. The van der Waals surface area contributed by atoms with E-state index in [1.165, 1.54) is 6.07 Å². The van der Waals surface area contributed by atoms with Crippen LogP contribution in [0.3, 0.4) is 0 Å². The summed E-state index contributed by atoms with van der Waals surface area (Å²) in [6.07, 6.45) is 1.59. The van der Waals surface area contributed by atoms with Gasteiger partial charge in [0.2, 0.25) is 5.95 Å². The average Bonchev–Trinajstić information content (AvgIpc) is 2.68. The minimum Gasteiger partial charge on any atom is -0.493 e. The second kappa shape index (κ2) is 7.98. The van der Waals surface area contributed by atoms with E-state index in [2.05, 4.69) is 20.5 Å². The van der Waals surface area contributed by atoms with Gasteiger partial charge >= 0.3 is 0 Å². The first-order valence-corrected chi connectivity index (χ1v) is 7.87. The molecule has 1 aromatic heterocycles. The van der Waals surface area contributed by atoms with Gasteiger partial charge in [0.1, 0.15) is 0 Å². The molecular weight excluding hydrogens is 332 g/mol. The highest BCUT2D eigenvalue weighted by Crippen LogP contribution is 2.26. The van der Waals surface area contributed by atoms with Crippen LogP contribution in [0.2, 0.25) is 0 Å². The van der Waals surface area contributed by atoms with E-state index in [1.54, 1.807) is 32.6 Å². The summed E-state index contributed by atoms with van der Waals surface area (Å²) in [6.45, 7) is 0. The van der Waals surface area contributed by atoms with Crippen molar-refractivity contribution in [2.24, 2.45) is 5.10 Å². The number of methoxy groups -OCH3 is 2. The SMILES string of the molecule is COc1ccc(/C=N/Nc2nc(-c3ccccc3)cc(=O)[nH]2)cc1OC. The van der Waals surface area contributed by atoms with Crippen molar-refractivity contribution >= 4 is 12.2 Å². The van der Waals surface area contributed by atoms with Crippen molar-refractivity contribution in [1.29, 1.82) is 0 Å². The van der Waals surface area contributed by atoms with E-state index in [-0.39, 0.29) is 11.5 Å². The van der Waals surface area contributed by atoms with E-state index in [9.17, 15) is 4.79 Å². The molecule has 132 valence electrons. The molecule has 7 heteroatoms. The Kier molecular flexibility index (Phi) is 5.28.